The number of aliphatic carboxylic acids is 1. The van der Waals surface area contributed by atoms with Crippen LogP contribution in [0, 0.1) is 11.8 Å². The standard InChI is InChI=1S/C7H7ClO3/c8-7(6(10)11)3-1-2-4(9)5(3)7/h3,5H,1-2H2,(H,10,11)/t3-,5-,7-/m1/s1. The van der Waals surface area contributed by atoms with Crippen molar-refractivity contribution in [3.8, 4) is 0 Å². The van der Waals surface area contributed by atoms with Crippen molar-refractivity contribution in [2.75, 3.05) is 0 Å². The van der Waals surface area contributed by atoms with Crippen LogP contribution in [0.3, 0.4) is 0 Å². The molecule has 0 aromatic rings. The second-order valence-electron chi connectivity index (χ2n) is 3.16. The molecule has 0 radical (unpaired) electrons. The molecule has 1 N–H and O–H groups in total. The normalized spacial score (nSPS) is 47.2. The van der Waals surface area contributed by atoms with Crippen LogP contribution in [0.5, 0.6) is 0 Å². The maximum Gasteiger partial charge on any atom is 0.325 e. The number of hydrogen-bond donors (Lipinski definition) is 1. The fraction of sp³-hybridized carbons (Fsp3) is 0.714. The van der Waals surface area contributed by atoms with Gasteiger partial charge >= 0.3 is 5.97 Å². The van der Waals surface area contributed by atoms with E-state index in [9.17, 15) is 9.59 Å². The number of carboxylic acids is 1. The second-order valence-corrected chi connectivity index (χ2v) is 3.79. The molecule has 0 aromatic carbocycles. The second kappa shape index (κ2) is 1.78. The van der Waals surface area contributed by atoms with E-state index < -0.39 is 10.8 Å². The van der Waals surface area contributed by atoms with Gasteiger partial charge in [-0.2, -0.15) is 0 Å². The topological polar surface area (TPSA) is 54.4 Å². The van der Waals surface area contributed by atoms with Crippen molar-refractivity contribution in [3.05, 3.63) is 0 Å². The Kier molecular flexibility index (Phi) is 1.15. The molecule has 2 saturated carbocycles. The van der Waals surface area contributed by atoms with Crippen molar-refractivity contribution >= 4 is 23.4 Å². The van der Waals surface area contributed by atoms with E-state index in [-0.39, 0.29) is 17.6 Å². The third-order valence-electron chi connectivity index (χ3n) is 2.66. The van der Waals surface area contributed by atoms with Crippen LogP contribution in [0.4, 0.5) is 0 Å². The van der Waals surface area contributed by atoms with Crippen LogP contribution in [0.25, 0.3) is 0 Å². The van der Waals surface area contributed by atoms with Crippen LogP contribution in [0.2, 0.25) is 0 Å². The molecular weight excluding hydrogens is 168 g/mol. The van der Waals surface area contributed by atoms with Crippen molar-refractivity contribution < 1.29 is 14.7 Å². The molecule has 3 nitrogen and oxygen atoms in total. The lowest BCUT2D eigenvalue weighted by Crippen LogP contribution is -2.23. The van der Waals surface area contributed by atoms with Gasteiger partial charge in [0.25, 0.3) is 0 Å². The molecule has 0 amide bonds. The fourth-order valence-electron chi connectivity index (χ4n) is 2.01. The highest BCUT2D eigenvalue weighted by Crippen LogP contribution is 2.63. The van der Waals surface area contributed by atoms with Crippen LogP contribution in [-0.4, -0.2) is 21.7 Å². The van der Waals surface area contributed by atoms with Gasteiger partial charge in [0, 0.05) is 12.3 Å². The molecule has 0 saturated heterocycles. The first-order chi connectivity index (χ1) is 5.08. The first-order valence-corrected chi connectivity index (χ1v) is 3.91. The summed E-state index contributed by atoms with van der Waals surface area (Å²) in [5.41, 5.74) is 0. The van der Waals surface area contributed by atoms with Gasteiger partial charge in [-0.3, -0.25) is 9.59 Å². The van der Waals surface area contributed by atoms with Crippen LogP contribution in [-0.2, 0) is 9.59 Å². The molecule has 11 heavy (non-hydrogen) atoms. The lowest BCUT2D eigenvalue weighted by atomic mass is 10.1. The van der Waals surface area contributed by atoms with Gasteiger partial charge in [-0.05, 0) is 6.42 Å². The van der Waals surface area contributed by atoms with Crippen molar-refractivity contribution in [3.63, 3.8) is 0 Å². The number of fused-ring (bicyclic) bond motifs is 1. The van der Waals surface area contributed by atoms with Gasteiger partial charge in [0.15, 0.2) is 4.87 Å². The van der Waals surface area contributed by atoms with Crippen molar-refractivity contribution in [1.82, 2.24) is 0 Å². The number of alkyl halides is 1. The largest absolute Gasteiger partial charge is 0.480 e. The summed E-state index contributed by atoms with van der Waals surface area (Å²) in [5, 5.41) is 8.65. The highest BCUT2D eigenvalue weighted by Gasteiger charge is 2.74. The van der Waals surface area contributed by atoms with Gasteiger partial charge in [0.05, 0.1) is 5.92 Å². The smallest absolute Gasteiger partial charge is 0.325 e. The average molecular weight is 175 g/mol. The zero-order valence-electron chi connectivity index (χ0n) is 5.71. The Labute approximate surface area is 68.3 Å². The number of carbonyl (C=O) groups excluding carboxylic acids is 1. The van der Waals surface area contributed by atoms with Crippen LogP contribution < -0.4 is 0 Å². The summed E-state index contributed by atoms with van der Waals surface area (Å²) < 4.78 is 0. The Morgan fingerprint density at radius 1 is 1.73 bits per heavy atom. The molecule has 4 heteroatoms. The minimum absolute atomic E-state index is 0.0207. The summed E-state index contributed by atoms with van der Waals surface area (Å²) in [4.78, 5) is 20.3. The van der Waals surface area contributed by atoms with E-state index in [0.717, 1.165) is 0 Å². The molecule has 2 rings (SSSR count). The molecule has 60 valence electrons. The molecule has 0 aliphatic heterocycles. The Morgan fingerprint density at radius 2 is 2.36 bits per heavy atom. The van der Waals surface area contributed by atoms with Crippen LogP contribution >= 0.6 is 11.6 Å². The monoisotopic (exact) mass is 174 g/mol. The molecule has 0 bridgehead atoms. The van der Waals surface area contributed by atoms with E-state index in [1.807, 2.05) is 0 Å². The molecular formula is C7H7ClO3. The van der Waals surface area contributed by atoms with Gasteiger partial charge in [-0.15, -0.1) is 11.6 Å². The SMILES string of the molecule is O=C1CC[C@@H]2[C@H]1[C@@]2(Cl)C(=O)O. The van der Waals surface area contributed by atoms with Crippen LogP contribution in [0.1, 0.15) is 12.8 Å². The molecule has 0 unspecified atom stereocenters. The van der Waals surface area contributed by atoms with E-state index in [1.165, 1.54) is 0 Å². The zero-order valence-corrected chi connectivity index (χ0v) is 6.47. The summed E-state index contributed by atoms with van der Waals surface area (Å²) >= 11 is 5.72. The summed E-state index contributed by atoms with van der Waals surface area (Å²) in [6.45, 7) is 0. The third kappa shape index (κ3) is 0.644. The molecule has 2 aliphatic carbocycles. The third-order valence-corrected chi connectivity index (χ3v) is 3.34. The summed E-state index contributed by atoms with van der Waals surface area (Å²) in [6.07, 6.45) is 1.16. The number of halogens is 1. The summed E-state index contributed by atoms with van der Waals surface area (Å²) in [7, 11) is 0. The highest BCUT2D eigenvalue weighted by atomic mass is 35.5. The number of ketones is 1. The van der Waals surface area contributed by atoms with Gasteiger partial charge in [-0.1, -0.05) is 0 Å². The van der Waals surface area contributed by atoms with E-state index in [1.54, 1.807) is 0 Å². The Morgan fingerprint density at radius 3 is 2.64 bits per heavy atom. The van der Waals surface area contributed by atoms with Crippen molar-refractivity contribution in [2.45, 2.75) is 17.7 Å². The van der Waals surface area contributed by atoms with Gasteiger partial charge in [-0.25, -0.2) is 0 Å². The highest BCUT2D eigenvalue weighted by molar-refractivity contribution is 6.39. The van der Waals surface area contributed by atoms with Crippen molar-refractivity contribution in [2.24, 2.45) is 11.8 Å². The molecule has 0 spiro atoms. The van der Waals surface area contributed by atoms with Gasteiger partial charge < -0.3 is 5.11 Å². The first-order valence-electron chi connectivity index (χ1n) is 3.53. The predicted octanol–water partition coefficient (Wildman–Crippen LogP) is 0.657. The minimum Gasteiger partial charge on any atom is -0.480 e. The number of hydrogen-bond acceptors (Lipinski definition) is 2. The summed E-state index contributed by atoms with van der Waals surface area (Å²) in [5.74, 6) is -1.49. The van der Waals surface area contributed by atoms with Gasteiger partial charge in [0.2, 0.25) is 0 Å². The average Bonchev–Trinajstić information content (AvgIpc) is 2.30. The van der Waals surface area contributed by atoms with E-state index in [4.69, 9.17) is 16.7 Å². The summed E-state index contributed by atoms with van der Waals surface area (Å²) in [6, 6.07) is 0. The first kappa shape index (κ1) is 7.10. The molecule has 0 heterocycles. The zero-order chi connectivity index (χ0) is 8.22. The lowest BCUT2D eigenvalue weighted by molar-refractivity contribution is -0.139. The number of carboxylic acid groups (broad SMARTS) is 1. The quantitative estimate of drug-likeness (QED) is 0.594. The van der Waals surface area contributed by atoms with E-state index in [0.29, 0.717) is 12.8 Å². The van der Waals surface area contributed by atoms with Crippen molar-refractivity contribution in [1.29, 1.82) is 0 Å². The molecule has 2 fully saturated rings. The maximum atomic E-state index is 11.0. The number of carbonyl (C=O) groups is 2. The Bertz CT molecular complexity index is 248. The minimum atomic E-state index is -1.23. The van der Waals surface area contributed by atoms with Gasteiger partial charge in [0.1, 0.15) is 5.78 Å². The molecule has 2 aliphatic rings. The Hall–Kier alpha value is -0.570. The molecule has 3 atom stereocenters. The Balaban J connectivity index is 2.25. The molecule has 0 aromatic heterocycles. The number of rotatable bonds is 1. The predicted molar refractivity (Wildman–Crippen MR) is 37.4 cm³/mol. The lowest BCUT2D eigenvalue weighted by Gasteiger charge is -2.04. The van der Waals surface area contributed by atoms with E-state index in [2.05, 4.69) is 0 Å². The number of Topliss-reactive ketones (excluding diaryl/α,β-unsaturated/α-hetero) is 1. The van der Waals surface area contributed by atoms with Crippen LogP contribution in [0.15, 0.2) is 0 Å². The maximum absolute atomic E-state index is 11.0. The van der Waals surface area contributed by atoms with E-state index >= 15 is 0 Å². The fourth-order valence-corrected chi connectivity index (χ4v) is 2.45.